The largest absolute Gasteiger partial charge is 0.361 e. The van der Waals surface area contributed by atoms with E-state index < -0.39 is 0 Å². The molecule has 1 N–H and O–H groups in total. The molecule has 7 heteroatoms. The normalized spacial score (nSPS) is 15.5. The van der Waals surface area contributed by atoms with E-state index in [9.17, 15) is 4.79 Å². The summed E-state index contributed by atoms with van der Waals surface area (Å²) in [6.07, 6.45) is 1.56. The van der Waals surface area contributed by atoms with E-state index in [1.807, 2.05) is 17.9 Å². The topological polar surface area (TPSA) is 86.3 Å². The van der Waals surface area contributed by atoms with Crippen LogP contribution in [0.15, 0.2) is 28.9 Å². The minimum Gasteiger partial charge on any atom is -0.361 e. The lowest BCUT2D eigenvalue weighted by Crippen LogP contribution is -2.48. The standard InChI is InChI=1S/C17H21N5O2/c1-12-9-15(20-24-12)11-21-5-7-22(8-6-21)17(23)14-3-4-16(13(2)18)19-10-14/h3-4,9-10,18H,5-8,11H2,1-2H3. The Kier molecular flexibility index (Phi) is 4.71. The summed E-state index contributed by atoms with van der Waals surface area (Å²) in [5.74, 6) is 0.809. The van der Waals surface area contributed by atoms with Crippen molar-refractivity contribution in [2.45, 2.75) is 20.4 Å². The number of rotatable bonds is 4. The number of carbonyl (C=O) groups is 1. The lowest BCUT2D eigenvalue weighted by Gasteiger charge is -2.34. The van der Waals surface area contributed by atoms with Crippen molar-refractivity contribution in [2.24, 2.45) is 0 Å². The van der Waals surface area contributed by atoms with Gasteiger partial charge in [-0.15, -0.1) is 0 Å². The Balaban J connectivity index is 1.55. The lowest BCUT2D eigenvalue weighted by atomic mass is 10.2. The second-order valence-corrected chi connectivity index (χ2v) is 6.05. The summed E-state index contributed by atoms with van der Waals surface area (Å²) < 4.78 is 5.09. The van der Waals surface area contributed by atoms with Gasteiger partial charge in [-0.3, -0.25) is 14.7 Å². The third-order valence-corrected chi connectivity index (χ3v) is 4.12. The number of hydrogen-bond donors (Lipinski definition) is 1. The molecule has 126 valence electrons. The van der Waals surface area contributed by atoms with Gasteiger partial charge in [0, 0.05) is 45.0 Å². The highest BCUT2D eigenvalue weighted by Crippen LogP contribution is 2.12. The zero-order valence-electron chi connectivity index (χ0n) is 14.0. The molecule has 1 fully saturated rings. The second-order valence-electron chi connectivity index (χ2n) is 6.05. The minimum atomic E-state index is -0.00591. The molecule has 1 aliphatic heterocycles. The quantitative estimate of drug-likeness (QED) is 0.864. The minimum absolute atomic E-state index is 0.00591. The Bertz CT molecular complexity index is 730. The Morgan fingerprint density at radius 1 is 1.29 bits per heavy atom. The van der Waals surface area contributed by atoms with Gasteiger partial charge in [-0.2, -0.15) is 0 Å². The number of pyridine rings is 1. The van der Waals surface area contributed by atoms with Crippen LogP contribution in [0.25, 0.3) is 0 Å². The van der Waals surface area contributed by atoms with Crippen LogP contribution in [0.2, 0.25) is 0 Å². The molecule has 1 aliphatic rings. The smallest absolute Gasteiger partial charge is 0.255 e. The Hall–Kier alpha value is -2.54. The molecule has 0 aliphatic carbocycles. The van der Waals surface area contributed by atoms with Crippen molar-refractivity contribution in [1.29, 1.82) is 5.41 Å². The van der Waals surface area contributed by atoms with E-state index in [0.717, 1.165) is 31.1 Å². The maximum Gasteiger partial charge on any atom is 0.255 e. The fourth-order valence-electron chi connectivity index (χ4n) is 2.76. The van der Waals surface area contributed by atoms with Gasteiger partial charge < -0.3 is 14.8 Å². The number of aromatic nitrogens is 2. The van der Waals surface area contributed by atoms with Crippen LogP contribution < -0.4 is 0 Å². The molecule has 0 radical (unpaired) electrons. The zero-order valence-corrected chi connectivity index (χ0v) is 14.0. The van der Waals surface area contributed by atoms with Gasteiger partial charge in [0.05, 0.1) is 22.7 Å². The summed E-state index contributed by atoms with van der Waals surface area (Å²) in [6.45, 7) is 7.29. The van der Waals surface area contributed by atoms with Gasteiger partial charge >= 0.3 is 0 Å². The Morgan fingerprint density at radius 3 is 2.58 bits per heavy atom. The van der Waals surface area contributed by atoms with Crippen LogP contribution in [0.3, 0.4) is 0 Å². The molecular weight excluding hydrogens is 306 g/mol. The van der Waals surface area contributed by atoms with Crippen molar-refractivity contribution < 1.29 is 9.32 Å². The van der Waals surface area contributed by atoms with Gasteiger partial charge in [-0.1, -0.05) is 5.16 Å². The van der Waals surface area contributed by atoms with Crippen molar-refractivity contribution in [2.75, 3.05) is 26.2 Å². The van der Waals surface area contributed by atoms with Crippen molar-refractivity contribution in [1.82, 2.24) is 19.9 Å². The molecule has 24 heavy (non-hydrogen) atoms. The number of nitrogens with zero attached hydrogens (tertiary/aromatic N) is 4. The highest BCUT2D eigenvalue weighted by molar-refractivity contribution is 5.97. The fraction of sp³-hybridized carbons (Fsp3) is 0.412. The van der Waals surface area contributed by atoms with Gasteiger partial charge in [0.2, 0.25) is 0 Å². The number of carbonyl (C=O) groups excluding carboxylic acids is 1. The van der Waals surface area contributed by atoms with E-state index in [4.69, 9.17) is 9.93 Å². The molecule has 0 saturated carbocycles. The first-order chi connectivity index (χ1) is 11.5. The molecule has 2 aromatic heterocycles. The fourth-order valence-corrected chi connectivity index (χ4v) is 2.76. The Labute approximate surface area is 140 Å². The number of amides is 1. The first-order valence-electron chi connectivity index (χ1n) is 7.98. The predicted molar refractivity (Wildman–Crippen MR) is 89.2 cm³/mol. The van der Waals surface area contributed by atoms with Crippen molar-refractivity contribution in [3.8, 4) is 0 Å². The molecule has 3 heterocycles. The van der Waals surface area contributed by atoms with Gasteiger partial charge in [-0.05, 0) is 26.0 Å². The average molecular weight is 327 g/mol. The Morgan fingerprint density at radius 2 is 2.04 bits per heavy atom. The van der Waals surface area contributed by atoms with Crippen molar-refractivity contribution in [3.63, 3.8) is 0 Å². The van der Waals surface area contributed by atoms with Crippen molar-refractivity contribution >= 4 is 11.6 Å². The van der Waals surface area contributed by atoms with Crippen LogP contribution in [0, 0.1) is 12.3 Å². The number of hydrogen-bond acceptors (Lipinski definition) is 6. The molecule has 1 amide bonds. The van der Waals surface area contributed by atoms with E-state index in [1.165, 1.54) is 0 Å². The monoisotopic (exact) mass is 327 g/mol. The molecule has 0 atom stereocenters. The SMILES string of the molecule is CC(=N)c1ccc(C(=O)N2CCN(Cc3cc(C)on3)CC2)cn1. The molecule has 0 unspecified atom stereocenters. The summed E-state index contributed by atoms with van der Waals surface area (Å²) in [4.78, 5) is 20.8. The second kappa shape index (κ2) is 6.92. The molecule has 2 aromatic rings. The summed E-state index contributed by atoms with van der Waals surface area (Å²) in [7, 11) is 0. The molecule has 7 nitrogen and oxygen atoms in total. The summed E-state index contributed by atoms with van der Waals surface area (Å²) >= 11 is 0. The van der Waals surface area contributed by atoms with Crippen LogP contribution in [-0.2, 0) is 6.54 Å². The van der Waals surface area contributed by atoms with Crippen LogP contribution in [0.5, 0.6) is 0 Å². The van der Waals surface area contributed by atoms with Crippen molar-refractivity contribution in [3.05, 3.63) is 47.1 Å². The summed E-state index contributed by atoms with van der Waals surface area (Å²) in [6, 6.07) is 5.40. The molecule has 3 rings (SSSR count). The molecule has 0 bridgehead atoms. The van der Waals surface area contributed by atoms with Gasteiger partial charge in [0.15, 0.2) is 0 Å². The highest BCUT2D eigenvalue weighted by Gasteiger charge is 2.23. The maximum absolute atomic E-state index is 12.5. The average Bonchev–Trinajstić information content (AvgIpc) is 3.00. The van der Waals surface area contributed by atoms with E-state index in [1.54, 1.807) is 25.3 Å². The van der Waals surface area contributed by atoms with Crippen LogP contribution >= 0.6 is 0 Å². The van der Waals surface area contributed by atoms with Crippen LogP contribution in [0.4, 0.5) is 0 Å². The van der Waals surface area contributed by atoms with E-state index in [2.05, 4.69) is 15.0 Å². The number of aryl methyl sites for hydroxylation is 1. The van der Waals surface area contributed by atoms with E-state index in [-0.39, 0.29) is 5.91 Å². The third-order valence-electron chi connectivity index (χ3n) is 4.12. The first kappa shape index (κ1) is 16.3. The van der Waals surface area contributed by atoms with Crippen LogP contribution in [-0.4, -0.2) is 57.7 Å². The maximum atomic E-state index is 12.5. The summed E-state index contributed by atoms with van der Waals surface area (Å²) in [5.41, 5.74) is 2.49. The first-order valence-corrected chi connectivity index (χ1v) is 7.98. The third kappa shape index (κ3) is 3.68. The van der Waals surface area contributed by atoms with Gasteiger partial charge in [0.25, 0.3) is 5.91 Å². The zero-order chi connectivity index (χ0) is 17.1. The van der Waals surface area contributed by atoms with Gasteiger partial charge in [0.1, 0.15) is 5.76 Å². The molecule has 0 aromatic carbocycles. The molecule has 0 spiro atoms. The lowest BCUT2D eigenvalue weighted by molar-refractivity contribution is 0.0625. The molecule has 1 saturated heterocycles. The number of nitrogens with one attached hydrogen (secondary N) is 1. The number of piperazine rings is 1. The predicted octanol–water partition coefficient (Wildman–Crippen LogP) is 1.72. The molecular formula is C17H21N5O2. The van der Waals surface area contributed by atoms with Crippen LogP contribution in [0.1, 0.15) is 34.4 Å². The van der Waals surface area contributed by atoms with E-state index >= 15 is 0 Å². The van der Waals surface area contributed by atoms with E-state index in [0.29, 0.717) is 30.1 Å². The highest BCUT2D eigenvalue weighted by atomic mass is 16.5. The van der Waals surface area contributed by atoms with Gasteiger partial charge in [-0.25, -0.2) is 0 Å². The summed E-state index contributed by atoms with van der Waals surface area (Å²) in [5, 5.41) is 11.6.